The summed E-state index contributed by atoms with van der Waals surface area (Å²) < 4.78 is 6.31. The Morgan fingerprint density at radius 2 is 1.74 bits per heavy atom. The minimum absolute atomic E-state index is 0.312. The molecule has 0 aromatic rings. The van der Waals surface area contributed by atoms with E-state index in [1.807, 2.05) is 0 Å². The molecular formula is C17H33NO. The predicted octanol–water partition coefficient (Wildman–Crippen LogP) is 4.43. The summed E-state index contributed by atoms with van der Waals surface area (Å²) >= 11 is 0. The summed E-state index contributed by atoms with van der Waals surface area (Å²) in [6.45, 7) is 4.54. The Labute approximate surface area is 119 Å². The van der Waals surface area contributed by atoms with Gasteiger partial charge in [-0.25, -0.2) is 0 Å². The fourth-order valence-corrected chi connectivity index (χ4v) is 3.72. The van der Waals surface area contributed by atoms with Gasteiger partial charge < -0.3 is 10.1 Å². The van der Waals surface area contributed by atoms with Crippen LogP contribution in [0.4, 0.5) is 0 Å². The van der Waals surface area contributed by atoms with Gasteiger partial charge in [0.05, 0.1) is 11.7 Å². The minimum atomic E-state index is 0.312. The van der Waals surface area contributed by atoms with Crippen molar-refractivity contribution in [3.8, 4) is 0 Å². The van der Waals surface area contributed by atoms with Gasteiger partial charge in [-0.2, -0.15) is 0 Å². The Bertz CT molecular complexity index is 235. The lowest BCUT2D eigenvalue weighted by Gasteiger charge is -2.23. The highest BCUT2D eigenvalue weighted by Crippen LogP contribution is 2.43. The zero-order chi connectivity index (χ0) is 13.4. The fraction of sp³-hybridized carbons (Fsp3) is 1.00. The van der Waals surface area contributed by atoms with Crippen molar-refractivity contribution in [3.05, 3.63) is 0 Å². The van der Waals surface area contributed by atoms with Crippen LogP contribution in [0.15, 0.2) is 0 Å². The van der Waals surface area contributed by atoms with Crippen LogP contribution in [0.25, 0.3) is 0 Å². The van der Waals surface area contributed by atoms with Crippen LogP contribution in [0.5, 0.6) is 0 Å². The van der Waals surface area contributed by atoms with Crippen molar-refractivity contribution in [1.82, 2.24) is 5.32 Å². The van der Waals surface area contributed by atoms with Crippen molar-refractivity contribution >= 4 is 0 Å². The monoisotopic (exact) mass is 267 g/mol. The molecule has 2 heteroatoms. The van der Waals surface area contributed by atoms with E-state index in [0.717, 1.165) is 6.54 Å². The molecule has 0 amide bonds. The molecule has 0 aromatic heterocycles. The molecule has 0 radical (unpaired) electrons. The first-order chi connectivity index (χ1) is 9.35. The summed E-state index contributed by atoms with van der Waals surface area (Å²) in [5.74, 6) is 0. The number of unbranched alkanes of at least 4 members (excludes halogenated alkanes) is 5. The van der Waals surface area contributed by atoms with E-state index in [1.54, 1.807) is 0 Å². The maximum absolute atomic E-state index is 6.31. The number of nitrogens with one attached hydrogen (secondary N) is 1. The van der Waals surface area contributed by atoms with Gasteiger partial charge in [0.25, 0.3) is 0 Å². The van der Waals surface area contributed by atoms with Crippen molar-refractivity contribution in [1.29, 1.82) is 0 Å². The molecule has 1 aliphatic heterocycles. The van der Waals surface area contributed by atoms with Crippen molar-refractivity contribution in [3.63, 3.8) is 0 Å². The summed E-state index contributed by atoms with van der Waals surface area (Å²) in [6, 6.07) is 0. The van der Waals surface area contributed by atoms with E-state index in [4.69, 9.17) is 4.74 Å². The lowest BCUT2D eigenvalue weighted by atomic mass is 9.98. The first-order valence-electron chi connectivity index (χ1n) is 8.73. The summed E-state index contributed by atoms with van der Waals surface area (Å²) in [7, 11) is 0. The Morgan fingerprint density at radius 1 is 1.00 bits per heavy atom. The highest BCUT2D eigenvalue weighted by atomic mass is 16.5. The van der Waals surface area contributed by atoms with E-state index in [1.165, 1.54) is 83.6 Å². The molecular weight excluding hydrogens is 234 g/mol. The van der Waals surface area contributed by atoms with Crippen LogP contribution in [0.1, 0.15) is 84.0 Å². The Balaban J connectivity index is 1.44. The van der Waals surface area contributed by atoms with E-state index in [0.29, 0.717) is 11.7 Å². The maximum Gasteiger partial charge on any atom is 0.0708 e. The van der Waals surface area contributed by atoms with Gasteiger partial charge in [0.1, 0.15) is 0 Å². The summed E-state index contributed by atoms with van der Waals surface area (Å²) in [5, 5.41) is 3.60. The van der Waals surface area contributed by atoms with Gasteiger partial charge in [-0.3, -0.25) is 0 Å². The molecule has 2 fully saturated rings. The van der Waals surface area contributed by atoms with Gasteiger partial charge in [-0.05, 0) is 38.6 Å². The smallest absolute Gasteiger partial charge is 0.0708 e. The lowest BCUT2D eigenvalue weighted by molar-refractivity contribution is -0.0350. The van der Waals surface area contributed by atoms with Crippen LogP contribution < -0.4 is 5.32 Å². The van der Waals surface area contributed by atoms with Crippen molar-refractivity contribution in [2.24, 2.45) is 0 Å². The molecule has 1 aliphatic carbocycles. The van der Waals surface area contributed by atoms with Crippen molar-refractivity contribution < 1.29 is 4.74 Å². The van der Waals surface area contributed by atoms with Gasteiger partial charge in [0.15, 0.2) is 0 Å². The topological polar surface area (TPSA) is 21.3 Å². The molecule has 1 heterocycles. The summed E-state index contributed by atoms with van der Waals surface area (Å²) in [4.78, 5) is 0. The molecule has 1 N–H and O–H groups in total. The third kappa shape index (κ3) is 5.07. The molecule has 0 aromatic carbocycles. The fourth-order valence-electron chi connectivity index (χ4n) is 3.72. The molecule has 1 saturated carbocycles. The minimum Gasteiger partial charge on any atom is -0.370 e. The molecule has 1 saturated heterocycles. The van der Waals surface area contributed by atoms with Gasteiger partial charge in [-0.15, -0.1) is 0 Å². The number of ether oxygens (including phenoxy) is 1. The number of hydrogen-bond acceptors (Lipinski definition) is 2. The van der Waals surface area contributed by atoms with Crippen LogP contribution >= 0.6 is 0 Å². The molecule has 2 aliphatic rings. The summed E-state index contributed by atoms with van der Waals surface area (Å²) in [5.41, 5.74) is 0.312. The van der Waals surface area contributed by atoms with Gasteiger partial charge in [-0.1, -0.05) is 51.9 Å². The SMILES string of the molecule is CCCCCCCCNCC1CCC2(CCCC2)O1. The van der Waals surface area contributed by atoms with Crippen LogP contribution in [-0.2, 0) is 4.74 Å². The third-order valence-electron chi connectivity index (χ3n) is 4.93. The zero-order valence-electron chi connectivity index (χ0n) is 12.9. The second kappa shape index (κ2) is 8.26. The largest absolute Gasteiger partial charge is 0.370 e. The van der Waals surface area contributed by atoms with E-state index in [-0.39, 0.29) is 0 Å². The van der Waals surface area contributed by atoms with Crippen LogP contribution in [-0.4, -0.2) is 24.8 Å². The van der Waals surface area contributed by atoms with Gasteiger partial charge in [0, 0.05) is 6.54 Å². The van der Waals surface area contributed by atoms with Crippen molar-refractivity contribution in [2.45, 2.75) is 95.7 Å². The third-order valence-corrected chi connectivity index (χ3v) is 4.93. The second-order valence-electron chi connectivity index (χ2n) is 6.64. The van der Waals surface area contributed by atoms with Gasteiger partial charge >= 0.3 is 0 Å². The standard InChI is InChI=1S/C17H33NO/c1-2-3-4-5-6-9-14-18-15-16-10-13-17(19-16)11-7-8-12-17/h16,18H,2-15H2,1H3. The molecule has 2 nitrogen and oxygen atoms in total. The van der Waals surface area contributed by atoms with E-state index >= 15 is 0 Å². The van der Waals surface area contributed by atoms with E-state index in [2.05, 4.69) is 12.2 Å². The first-order valence-corrected chi connectivity index (χ1v) is 8.73. The molecule has 2 rings (SSSR count). The second-order valence-corrected chi connectivity index (χ2v) is 6.64. The molecule has 0 bridgehead atoms. The zero-order valence-corrected chi connectivity index (χ0v) is 12.9. The molecule has 112 valence electrons. The molecule has 1 spiro atoms. The number of rotatable bonds is 9. The van der Waals surface area contributed by atoms with Crippen LogP contribution in [0, 0.1) is 0 Å². The normalized spacial score (nSPS) is 25.4. The highest BCUT2D eigenvalue weighted by Gasteiger charge is 2.41. The molecule has 1 unspecified atom stereocenters. The molecule has 19 heavy (non-hydrogen) atoms. The van der Waals surface area contributed by atoms with Crippen LogP contribution in [0.2, 0.25) is 0 Å². The lowest BCUT2D eigenvalue weighted by Crippen LogP contribution is -2.31. The average molecular weight is 267 g/mol. The Kier molecular flexibility index (Phi) is 6.66. The maximum atomic E-state index is 6.31. The summed E-state index contributed by atoms with van der Waals surface area (Å²) in [6.07, 6.45) is 16.8. The molecule has 1 atom stereocenters. The van der Waals surface area contributed by atoms with Gasteiger partial charge in [0.2, 0.25) is 0 Å². The van der Waals surface area contributed by atoms with E-state index in [9.17, 15) is 0 Å². The average Bonchev–Trinajstić information content (AvgIpc) is 3.04. The first kappa shape index (κ1) is 15.3. The Hall–Kier alpha value is -0.0800. The van der Waals surface area contributed by atoms with Crippen LogP contribution in [0.3, 0.4) is 0 Å². The van der Waals surface area contributed by atoms with Crippen molar-refractivity contribution in [2.75, 3.05) is 13.1 Å². The van der Waals surface area contributed by atoms with E-state index < -0.39 is 0 Å². The number of hydrogen-bond donors (Lipinski definition) is 1. The Morgan fingerprint density at radius 3 is 2.53 bits per heavy atom. The predicted molar refractivity (Wildman–Crippen MR) is 81.6 cm³/mol. The highest BCUT2D eigenvalue weighted by molar-refractivity contribution is 4.93. The quantitative estimate of drug-likeness (QED) is 0.624.